The third kappa shape index (κ3) is 5.92. The first kappa shape index (κ1) is 22.8. The summed E-state index contributed by atoms with van der Waals surface area (Å²) in [6.07, 6.45) is 5.34. The standard InChI is InChI=1S/C24H27N3O5S/c28-22(25-11-12-26-24(31)27-13-9-21-18(15-27)10-14-33-21)16-1-5-19(6-2-16)32-20-7-3-17(4-8-20)23(29)30/h1-3,5-7,10,14,17,20H,4,8-9,11-13,15H2,(H,25,28)(H,26,31)(H,29,30)/t17-,20+/m0/s1. The quantitative estimate of drug-likeness (QED) is 0.427. The Labute approximate surface area is 196 Å². The summed E-state index contributed by atoms with van der Waals surface area (Å²) in [5.41, 5.74) is 1.71. The molecule has 2 aromatic rings. The van der Waals surface area contributed by atoms with Gasteiger partial charge in [-0.15, -0.1) is 11.3 Å². The fourth-order valence-corrected chi connectivity index (χ4v) is 4.83. The summed E-state index contributed by atoms with van der Waals surface area (Å²) in [6, 6.07) is 8.76. The fourth-order valence-electron chi connectivity index (χ4n) is 3.94. The molecule has 2 aliphatic rings. The highest BCUT2D eigenvalue weighted by molar-refractivity contribution is 7.10. The molecule has 8 nitrogen and oxygen atoms in total. The highest BCUT2D eigenvalue weighted by atomic mass is 32.1. The van der Waals surface area contributed by atoms with Crippen molar-refractivity contribution < 1.29 is 24.2 Å². The Morgan fingerprint density at radius 3 is 2.58 bits per heavy atom. The number of nitrogens with one attached hydrogen (secondary N) is 2. The van der Waals surface area contributed by atoms with Gasteiger partial charge in [-0.2, -0.15) is 0 Å². The second-order valence-corrected chi connectivity index (χ2v) is 9.12. The second kappa shape index (κ2) is 10.5. The Bertz CT molecular complexity index is 1030. The lowest BCUT2D eigenvalue weighted by Gasteiger charge is -2.27. The van der Waals surface area contributed by atoms with E-state index < -0.39 is 11.9 Å². The average molecular weight is 470 g/mol. The first-order chi connectivity index (χ1) is 16.0. The Kier molecular flexibility index (Phi) is 7.29. The van der Waals surface area contributed by atoms with E-state index in [1.807, 2.05) is 0 Å². The summed E-state index contributed by atoms with van der Waals surface area (Å²) in [6.45, 7) is 2.02. The van der Waals surface area contributed by atoms with Crippen LogP contribution in [0.3, 0.4) is 0 Å². The molecule has 0 spiro atoms. The molecule has 3 N–H and O–H groups in total. The summed E-state index contributed by atoms with van der Waals surface area (Å²) in [7, 11) is 0. The number of hydrogen-bond donors (Lipinski definition) is 3. The summed E-state index contributed by atoms with van der Waals surface area (Å²) >= 11 is 1.74. The number of rotatable bonds is 7. The lowest BCUT2D eigenvalue weighted by atomic mass is 9.94. The van der Waals surface area contributed by atoms with Gasteiger partial charge in [0.25, 0.3) is 5.91 Å². The van der Waals surface area contributed by atoms with E-state index >= 15 is 0 Å². The SMILES string of the molecule is O=C(NCCNC(=O)N1CCc2sccc2C1)c1ccc(O[C@@H]2C=C[C@H](C(=O)O)CC2)cc1. The number of benzene rings is 1. The van der Waals surface area contributed by atoms with E-state index in [-0.39, 0.29) is 18.0 Å². The predicted octanol–water partition coefficient (Wildman–Crippen LogP) is 3.04. The van der Waals surface area contributed by atoms with Gasteiger partial charge in [0.2, 0.25) is 0 Å². The lowest BCUT2D eigenvalue weighted by Crippen LogP contribution is -2.44. The minimum Gasteiger partial charge on any atom is -0.486 e. The van der Waals surface area contributed by atoms with Crippen molar-refractivity contribution in [2.45, 2.75) is 31.9 Å². The van der Waals surface area contributed by atoms with E-state index in [0.29, 0.717) is 50.3 Å². The van der Waals surface area contributed by atoms with Gasteiger partial charge in [0.05, 0.1) is 5.92 Å². The molecule has 1 aliphatic heterocycles. The van der Waals surface area contributed by atoms with Crippen LogP contribution in [0.15, 0.2) is 47.9 Å². The van der Waals surface area contributed by atoms with Crippen LogP contribution < -0.4 is 15.4 Å². The van der Waals surface area contributed by atoms with Gasteiger partial charge in [-0.25, -0.2) is 4.79 Å². The molecule has 0 bridgehead atoms. The number of amides is 3. The third-order valence-electron chi connectivity index (χ3n) is 5.82. The van der Waals surface area contributed by atoms with Crippen LogP contribution in [0.25, 0.3) is 0 Å². The van der Waals surface area contributed by atoms with Crippen molar-refractivity contribution in [1.82, 2.24) is 15.5 Å². The Morgan fingerprint density at radius 2 is 1.85 bits per heavy atom. The minimum atomic E-state index is -0.817. The topological polar surface area (TPSA) is 108 Å². The molecule has 1 aliphatic carbocycles. The number of nitrogens with zero attached hydrogens (tertiary/aromatic N) is 1. The molecule has 3 amide bonds. The number of carboxylic acids is 1. The number of thiophene rings is 1. The first-order valence-corrected chi connectivity index (χ1v) is 11.9. The van der Waals surface area contributed by atoms with Gasteiger partial charge < -0.3 is 25.4 Å². The number of carboxylic acid groups (broad SMARTS) is 1. The number of aliphatic carboxylic acids is 1. The van der Waals surface area contributed by atoms with Crippen molar-refractivity contribution in [3.05, 3.63) is 63.9 Å². The van der Waals surface area contributed by atoms with E-state index in [1.54, 1.807) is 52.7 Å². The zero-order valence-electron chi connectivity index (χ0n) is 18.2. The highest BCUT2D eigenvalue weighted by Gasteiger charge is 2.22. The average Bonchev–Trinajstić information content (AvgIpc) is 3.30. The van der Waals surface area contributed by atoms with Crippen molar-refractivity contribution in [2.24, 2.45) is 5.92 Å². The zero-order chi connectivity index (χ0) is 23.2. The number of carbonyl (C=O) groups excluding carboxylic acids is 2. The molecule has 9 heteroatoms. The van der Waals surface area contributed by atoms with Crippen LogP contribution in [0.2, 0.25) is 0 Å². The molecule has 0 saturated heterocycles. The molecule has 0 fully saturated rings. The Balaban J connectivity index is 1.17. The van der Waals surface area contributed by atoms with Crippen LogP contribution in [0.4, 0.5) is 4.79 Å². The molecule has 33 heavy (non-hydrogen) atoms. The van der Waals surface area contributed by atoms with Gasteiger partial charge in [-0.3, -0.25) is 9.59 Å². The molecule has 0 radical (unpaired) electrons. The largest absolute Gasteiger partial charge is 0.486 e. The third-order valence-corrected chi connectivity index (χ3v) is 6.85. The van der Waals surface area contributed by atoms with Crippen LogP contribution in [-0.4, -0.2) is 53.7 Å². The molecule has 1 aromatic heterocycles. The Hall–Kier alpha value is -3.33. The predicted molar refractivity (Wildman–Crippen MR) is 125 cm³/mol. The monoisotopic (exact) mass is 469 g/mol. The normalized spacial score (nSPS) is 19.5. The zero-order valence-corrected chi connectivity index (χ0v) is 19.0. The van der Waals surface area contributed by atoms with Gasteiger partial charge in [-0.1, -0.05) is 6.08 Å². The van der Waals surface area contributed by atoms with E-state index in [1.165, 1.54) is 10.4 Å². The minimum absolute atomic E-state index is 0.117. The number of ether oxygens (including phenoxy) is 1. The first-order valence-electron chi connectivity index (χ1n) is 11.0. The number of urea groups is 1. The van der Waals surface area contributed by atoms with Crippen LogP contribution >= 0.6 is 11.3 Å². The lowest BCUT2D eigenvalue weighted by molar-refractivity contribution is -0.140. The fraction of sp³-hybridized carbons (Fsp3) is 0.375. The van der Waals surface area contributed by atoms with E-state index in [4.69, 9.17) is 9.84 Å². The molecular weight excluding hydrogens is 442 g/mol. The second-order valence-electron chi connectivity index (χ2n) is 8.12. The Morgan fingerprint density at radius 1 is 1.06 bits per heavy atom. The number of carbonyl (C=O) groups is 3. The van der Waals surface area contributed by atoms with Gasteiger partial charge in [0.1, 0.15) is 11.9 Å². The maximum absolute atomic E-state index is 12.4. The van der Waals surface area contributed by atoms with E-state index in [9.17, 15) is 14.4 Å². The molecule has 2 heterocycles. The van der Waals surface area contributed by atoms with Crippen LogP contribution in [-0.2, 0) is 17.8 Å². The van der Waals surface area contributed by atoms with Crippen LogP contribution in [0, 0.1) is 5.92 Å². The molecular formula is C24H27N3O5S. The summed E-state index contributed by atoms with van der Waals surface area (Å²) in [5, 5.41) is 16.8. The molecule has 4 rings (SSSR count). The van der Waals surface area contributed by atoms with Gasteiger partial charge in [-0.05, 0) is 66.6 Å². The molecule has 2 atom stereocenters. The van der Waals surface area contributed by atoms with Crippen LogP contribution in [0.5, 0.6) is 5.75 Å². The van der Waals surface area contributed by atoms with Gasteiger partial charge in [0.15, 0.2) is 0 Å². The van der Waals surface area contributed by atoms with Crippen molar-refractivity contribution in [3.8, 4) is 5.75 Å². The molecule has 174 valence electrons. The smallest absolute Gasteiger partial charge is 0.317 e. The summed E-state index contributed by atoms with van der Waals surface area (Å²) in [5.74, 6) is -0.867. The van der Waals surface area contributed by atoms with Crippen molar-refractivity contribution in [3.63, 3.8) is 0 Å². The molecule has 0 saturated carbocycles. The van der Waals surface area contributed by atoms with Crippen molar-refractivity contribution >= 4 is 29.2 Å². The maximum Gasteiger partial charge on any atom is 0.317 e. The summed E-state index contributed by atoms with van der Waals surface area (Å²) in [4.78, 5) is 38.9. The van der Waals surface area contributed by atoms with Crippen molar-refractivity contribution in [2.75, 3.05) is 19.6 Å². The van der Waals surface area contributed by atoms with Crippen LogP contribution in [0.1, 0.15) is 33.6 Å². The van der Waals surface area contributed by atoms with E-state index in [2.05, 4.69) is 22.1 Å². The molecule has 0 unspecified atom stereocenters. The number of hydrogen-bond acceptors (Lipinski definition) is 5. The number of fused-ring (bicyclic) bond motifs is 1. The van der Waals surface area contributed by atoms with Gasteiger partial charge >= 0.3 is 12.0 Å². The molecule has 1 aromatic carbocycles. The maximum atomic E-state index is 12.4. The van der Waals surface area contributed by atoms with Crippen molar-refractivity contribution in [1.29, 1.82) is 0 Å². The highest BCUT2D eigenvalue weighted by Crippen LogP contribution is 2.24. The van der Waals surface area contributed by atoms with E-state index in [0.717, 1.165) is 6.42 Å². The summed E-state index contributed by atoms with van der Waals surface area (Å²) < 4.78 is 5.85. The van der Waals surface area contributed by atoms with Gasteiger partial charge in [0, 0.05) is 36.6 Å².